The van der Waals surface area contributed by atoms with Gasteiger partial charge in [0.25, 0.3) is 0 Å². The summed E-state index contributed by atoms with van der Waals surface area (Å²) in [4.78, 5) is 4.35. The van der Waals surface area contributed by atoms with Crippen molar-refractivity contribution in [3.63, 3.8) is 0 Å². The fraction of sp³-hybridized carbons (Fsp3) is 0.909. The van der Waals surface area contributed by atoms with Crippen LogP contribution in [0.5, 0.6) is 0 Å². The minimum Gasteiger partial charge on any atom is -0.355 e. The molecule has 0 aromatic carbocycles. The van der Waals surface area contributed by atoms with Crippen LogP contribution in [-0.4, -0.2) is 19.0 Å². The van der Waals surface area contributed by atoms with E-state index < -0.39 is 0 Å². The summed E-state index contributed by atoms with van der Waals surface area (Å²) < 4.78 is 0. The molecule has 15 heavy (non-hydrogen) atoms. The van der Waals surface area contributed by atoms with E-state index in [1.54, 1.807) is 0 Å². The van der Waals surface area contributed by atoms with Gasteiger partial charge in [-0.25, -0.2) is 5.84 Å². The van der Waals surface area contributed by atoms with Gasteiger partial charge in [0.05, 0.1) is 0 Å². The van der Waals surface area contributed by atoms with Crippen LogP contribution < -0.4 is 16.6 Å². The van der Waals surface area contributed by atoms with E-state index in [-0.39, 0.29) is 0 Å². The van der Waals surface area contributed by atoms with Crippen molar-refractivity contribution < 1.29 is 0 Å². The van der Waals surface area contributed by atoms with E-state index in [0.717, 1.165) is 25.0 Å². The first-order chi connectivity index (χ1) is 7.22. The maximum Gasteiger partial charge on any atom is 0.205 e. The fourth-order valence-corrected chi connectivity index (χ4v) is 1.60. The maximum atomic E-state index is 5.38. The number of aliphatic imine (C=N–C) groups is 1. The third kappa shape index (κ3) is 5.02. The summed E-state index contributed by atoms with van der Waals surface area (Å²) in [5, 5.41) is 3.24. The Balaban J connectivity index is 2.11. The van der Waals surface area contributed by atoms with Crippen molar-refractivity contribution in [2.75, 3.05) is 13.1 Å². The van der Waals surface area contributed by atoms with E-state index in [9.17, 15) is 0 Å². The predicted molar refractivity (Wildman–Crippen MR) is 64.4 cm³/mol. The second-order valence-corrected chi connectivity index (χ2v) is 4.74. The van der Waals surface area contributed by atoms with Crippen LogP contribution in [-0.2, 0) is 0 Å². The SMILES string of the molecule is CC(C)CN=C(NN)NCCC1CCC1. The van der Waals surface area contributed by atoms with Crippen LogP contribution in [0.4, 0.5) is 0 Å². The van der Waals surface area contributed by atoms with Crippen LogP contribution in [0.3, 0.4) is 0 Å². The molecule has 0 radical (unpaired) electrons. The lowest BCUT2D eigenvalue weighted by molar-refractivity contribution is 0.296. The van der Waals surface area contributed by atoms with Gasteiger partial charge < -0.3 is 5.32 Å². The zero-order valence-corrected chi connectivity index (χ0v) is 9.92. The first-order valence-electron chi connectivity index (χ1n) is 5.97. The molecule has 0 unspecified atom stereocenters. The molecule has 0 saturated heterocycles. The standard InChI is InChI=1S/C11H24N4/c1-9(2)8-14-11(15-12)13-7-6-10-4-3-5-10/h9-10H,3-8,12H2,1-2H3,(H2,13,14,15). The van der Waals surface area contributed by atoms with Gasteiger partial charge in [-0.05, 0) is 18.3 Å². The summed E-state index contributed by atoms with van der Waals surface area (Å²) in [6, 6.07) is 0. The molecule has 0 heterocycles. The minimum absolute atomic E-state index is 0.571. The van der Waals surface area contributed by atoms with Crippen molar-refractivity contribution in [2.24, 2.45) is 22.7 Å². The summed E-state index contributed by atoms with van der Waals surface area (Å²) in [6.07, 6.45) is 5.45. The van der Waals surface area contributed by atoms with Gasteiger partial charge >= 0.3 is 0 Å². The molecule has 1 rings (SSSR count). The Morgan fingerprint density at radius 3 is 2.67 bits per heavy atom. The molecule has 1 saturated carbocycles. The smallest absolute Gasteiger partial charge is 0.205 e. The topological polar surface area (TPSA) is 62.4 Å². The van der Waals surface area contributed by atoms with Gasteiger partial charge in [0.1, 0.15) is 0 Å². The number of hydrazine groups is 1. The van der Waals surface area contributed by atoms with Gasteiger partial charge in [0.2, 0.25) is 5.96 Å². The minimum atomic E-state index is 0.571. The predicted octanol–water partition coefficient (Wildman–Crippen LogP) is 1.24. The molecule has 4 nitrogen and oxygen atoms in total. The molecular weight excluding hydrogens is 188 g/mol. The lowest BCUT2D eigenvalue weighted by atomic mass is 9.83. The van der Waals surface area contributed by atoms with Crippen molar-refractivity contribution in [1.82, 2.24) is 10.7 Å². The van der Waals surface area contributed by atoms with Gasteiger partial charge in [-0.3, -0.25) is 10.4 Å². The molecule has 0 atom stereocenters. The van der Waals surface area contributed by atoms with E-state index in [4.69, 9.17) is 5.84 Å². The summed E-state index contributed by atoms with van der Waals surface area (Å²) in [6.45, 7) is 6.08. The van der Waals surface area contributed by atoms with Crippen molar-refractivity contribution in [1.29, 1.82) is 0 Å². The van der Waals surface area contributed by atoms with Crippen molar-refractivity contribution in [3.8, 4) is 0 Å². The third-order valence-corrected chi connectivity index (χ3v) is 2.82. The highest BCUT2D eigenvalue weighted by Gasteiger charge is 2.16. The maximum absolute atomic E-state index is 5.38. The Kier molecular flexibility index (Phi) is 5.47. The summed E-state index contributed by atoms with van der Waals surface area (Å²) in [7, 11) is 0. The summed E-state index contributed by atoms with van der Waals surface area (Å²) in [5.41, 5.74) is 2.61. The fourth-order valence-electron chi connectivity index (χ4n) is 1.60. The van der Waals surface area contributed by atoms with Crippen LogP contribution in [0, 0.1) is 11.8 Å². The summed E-state index contributed by atoms with van der Waals surface area (Å²) >= 11 is 0. The highest BCUT2D eigenvalue weighted by molar-refractivity contribution is 5.79. The van der Waals surface area contributed by atoms with E-state index in [0.29, 0.717) is 5.92 Å². The molecule has 1 aliphatic rings. The quantitative estimate of drug-likeness (QED) is 0.278. The molecular formula is C11H24N4. The number of guanidine groups is 1. The molecule has 1 aliphatic carbocycles. The zero-order chi connectivity index (χ0) is 11.1. The Labute approximate surface area is 92.7 Å². The zero-order valence-electron chi connectivity index (χ0n) is 9.92. The highest BCUT2D eigenvalue weighted by Crippen LogP contribution is 2.28. The van der Waals surface area contributed by atoms with Crippen molar-refractivity contribution in [3.05, 3.63) is 0 Å². The number of nitrogens with two attached hydrogens (primary N) is 1. The lowest BCUT2D eigenvalue weighted by Gasteiger charge is -2.25. The molecule has 88 valence electrons. The van der Waals surface area contributed by atoms with Gasteiger partial charge in [0.15, 0.2) is 0 Å². The molecule has 0 aromatic heterocycles. The lowest BCUT2D eigenvalue weighted by Crippen LogP contribution is -2.42. The molecule has 0 spiro atoms. The summed E-state index contributed by atoms with van der Waals surface area (Å²) in [5.74, 6) is 7.61. The van der Waals surface area contributed by atoms with E-state index >= 15 is 0 Å². The van der Waals surface area contributed by atoms with Crippen LogP contribution in [0.15, 0.2) is 4.99 Å². The average Bonchev–Trinajstić information content (AvgIpc) is 2.13. The van der Waals surface area contributed by atoms with Gasteiger partial charge in [-0.1, -0.05) is 33.1 Å². The van der Waals surface area contributed by atoms with E-state index in [1.807, 2.05) is 0 Å². The number of nitrogens with zero attached hydrogens (tertiary/aromatic N) is 1. The Morgan fingerprint density at radius 2 is 2.20 bits per heavy atom. The molecule has 0 aliphatic heterocycles. The Morgan fingerprint density at radius 1 is 1.47 bits per heavy atom. The first kappa shape index (κ1) is 12.3. The van der Waals surface area contributed by atoms with E-state index in [1.165, 1.54) is 25.7 Å². The second kappa shape index (κ2) is 6.67. The van der Waals surface area contributed by atoms with Gasteiger partial charge in [-0.15, -0.1) is 0 Å². The molecule has 0 bridgehead atoms. The molecule has 0 amide bonds. The van der Waals surface area contributed by atoms with Crippen LogP contribution in [0.2, 0.25) is 0 Å². The largest absolute Gasteiger partial charge is 0.355 e. The normalized spacial score (nSPS) is 17.7. The number of rotatable bonds is 5. The van der Waals surface area contributed by atoms with Gasteiger partial charge in [-0.2, -0.15) is 0 Å². The van der Waals surface area contributed by atoms with Crippen molar-refractivity contribution >= 4 is 5.96 Å². The molecule has 4 heteroatoms. The number of hydrogen-bond donors (Lipinski definition) is 3. The first-order valence-corrected chi connectivity index (χ1v) is 5.97. The van der Waals surface area contributed by atoms with Gasteiger partial charge in [0, 0.05) is 13.1 Å². The molecule has 1 fully saturated rings. The van der Waals surface area contributed by atoms with Crippen LogP contribution >= 0.6 is 0 Å². The Hall–Kier alpha value is -0.770. The van der Waals surface area contributed by atoms with Crippen molar-refractivity contribution in [2.45, 2.75) is 39.5 Å². The average molecular weight is 212 g/mol. The monoisotopic (exact) mass is 212 g/mol. The molecule has 0 aromatic rings. The second-order valence-electron chi connectivity index (χ2n) is 4.74. The van der Waals surface area contributed by atoms with Crippen LogP contribution in [0.25, 0.3) is 0 Å². The number of hydrogen-bond acceptors (Lipinski definition) is 2. The third-order valence-electron chi connectivity index (χ3n) is 2.82. The highest BCUT2D eigenvalue weighted by atomic mass is 15.3. The molecule has 4 N–H and O–H groups in total. The van der Waals surface area contributed by atoms with E-state index in [2.05, 4.69) is 29.6 Å². The van der Waals surface area contributed by atoms with Crippen LogP contribution in [0.1, 0.15) is 39.5 Å². The number of nitrogens with one attached hydrogen (secondary N) is 2. The Bertz CT molecular complexity index is 197.